The number of hydrogen-bond acceptors (Lipinski definition) is 5. The Morgan fingerprint density at radius 3 is 2.72 bits per heavy atom. The number of benzene rings is 2. The number of rotatable bonds is 7. The molecule has 2 aromatic carbocycles. The highest BCUT2D eigenvalue weighted by Crippen LogP contribution is 2.23. The summed E-state index contributed by atoms with van der Waals surface area (Å²) in [6, 6.07) is 19.4. The van der Waals surface area contributed by atoms with Gasteiger partial charge in [0, 0.05) is 5.39 Å². The van der Waals surface area contributed by atoms with E-state index in [2.05, 4.69) is 28.4 Å². The molecule has 0 aliphatic rings. The number of carbonyl (C=O) groups is 1. The molecule has 0 aliphatic carbocycles. The van der Waals surface area contributed by atoms with Crippen LogP contribution < -0.4 is 10.1 Å². The predicted octanol–water partition coefficient (Wildman–Crippen LogP) is 4.57. The van der Waals surface area contributed by atoms with Crippen molar-refractivity contribution in [1.82, 2.24) is 14.8 Å². The fourth-order valence-corrected chi connectivity index (χ4v) is 3.52. The average molecular weight is 425 g/mol. The summed E-state index contributed by atoms with van der Waals surface area (Å²) < 4.78 is 7.07. The largest absolute Gasteiger partial charge is 0.484 e. The molecule has 1 amide bonds. The van der Waals surface area contributed by atoms with Crippen LogP contribution in [0.25, 0.3) is 16.7 Å². The van der Waals surface area contributed by atoms with E-state index in [-0.39, 0.29) is 18.0 Å². The van der Waals surface area contributed by atoms with Crippen LogP contribution in [0.2, 0.25) is 0 Å². The van der Waals surface area contributed by atoms with Crippen molar-refractivity contribution in [2.75, 3.05) is 11.9 Å². The Balaban J connectivity index is 1.53. The predicted molar refractivity (Wildman–Crippen MR) is 123 cm³/mol. The number of fused-ring (bicyclic) bond motifs is 1. The third-order valence-electron chi connectivity index (χ3n) is 5.11. The molecule has 4 aromatic rings. The van der Waals surface area contributed by atoms with Crippen LogP contribution in [-0.2, 0) is 11.2 Å². The summed E-state index contributed by atoms with van der Waals surface area (Å²) in [5, 5.41) is 17.6. The summed E-state index contributed by atoms with van der Waals surface area (Å²) in [4.78, 5) is 17.2. The third-order valence-corrected chi connectivity index (χ3v) is 5.11. The van der Waals surface area contributed by atoms with Gasteiger partial charge in [-0.15, -0.1) is 0 Å². The van der Waals surface area contributed by atoms with Crippen molar-refractivity contribution in [3.8, 4) is 17.6 Å². The van der Waals surface area contributed by atoms with Gasteiger partial charge in [-0.1, -0.05) is 43.7 Å². The first-order valence-electron chi connectivity index (χ1n) is 10.5. The lowest BCUT2D eigenvalue weighted by Crippen LogP contribution is -2.22. The molecular weight excluding hydrogens is 402 g/mol. The molecule has 2 aromatic heterocycles. The summed E-state index contributed by atoms with van der Waals surface area (Å²) in [6.45, 7) is 3.93. The number of pyridine rings is 1. The fraction of sp³-hybridized carbons (Fsp3) is 0.200. The molecule has 4 rings (SSSR count). The number of hydrogen-bond donors (Lipinski definition) is 1. The molecule has 0 saturated heterocycles. The van der Waals surface area contributed by atoms with Crippen LogP contribution in [0.4, 0.5) is 5.82 Å². The maximum absolute atomic E-state index is 12.6. The van der Waals surface area contributed by atoms with E-state index in [1.54, 1.807) is 0 Å². The molecule has 0 radical (unpaired) electrons. The number of aromatic nitrogens is 3. The number of amides is 1. The van der Waals surface area contributed by atoms with Gasteiger partial charge in [0.15, 0.2) is 18.2 Å². The Hall–Kier alpha value is -4.18. The zero-order valence-electron chi connectivity index (χ0n) is 18.0. The highest BCUT2D eigenvalue weighted by molar-refractivity contribution is 5.92. The second kappa shape index (κ2) is 9.31. The molecule has 0 atom stereocenters. The number of aryl methyl sites for hydroxylation is 2. The summed E-state index contributed by atoms with van der Waals surface area (Å²) in [7, 11) is 0. The highest BCUT2D eigenvalue weighted by Gasteiger charge is 2.17. The third kappa shape index (κ3) is 4.44. The van der Waals surface area contributed by atoms with E-state index < -0.39 is 5.91 Å². The highest BCUT2D eigenvalue weighted by atomic mass is 16.5. The van der Waals surface area contributed by atoms with E-state index in [1.807, 2.05) is 61.5 Å². The zero-order valence-corrected chi connectivity index (χ0v) is 18.0. The van der Waals surface area contributed by atoms with Gasteiger partial charge in [-0.25, -0.2) is 4.98 Å². The van der Waals surface area contributed by atoms with Gasteiger partial charge in [0.05, 0.1) is 11.7 Å². The van der Waals surface area contributed by atoms with Gasteiger partial charge in [-0.3, -0.25) is 4.79 Å². The lowest BCUT2D eigenvalue weighted by atomic mass is 10.1. The average Bonchev–Trinajstić information content (AvgIpc) is 3.21. The number of ether oxygens (including phenoxy) is 1. The summed E-state index contributed by atoms with van der Waals surface area (Å²) in [5.41, 5.74) is 3.30. The van der Waals surface area contributed by atoms with E-state index in [0.29, 0.717) is 11.6 Å². The number of para-hydroxylation sites is 1. The van der Waals surface area contributed by atoms with E-state index >= 15 is 0 Å². The molecule has 7 nitrogen and oxygen atoms in total. The molecule has 0 aliphatic heterocycles. The number of anilines is 1. The molecule has 32 heavy (non-hydrogen) atoms. The van der Waals surface area contributed by atoms with Crippen molar-refractivity contribution >= 4 is 22.6 Å². The van der Waals surface area contributed by atoms with Crippen molar-refractivity contribution in [3.05, 3.63) is 77.5 Å². The van der Waals surface area contributed by atoms with Gasteiger partial charge in [-0.2, -0.15) is 15.0 Å². The van der Waals surface area contributed by atoms with Crippen molar-refractivity contribution in [2.45, 2.75) is 26.7 Å². The molecule has 0 fully saturated rings. The second-order valence-corrected chi connectivity index (χ2v) is 7.48. The summed E-state index contributed by atoms with van der Waals surface area (Å²) in [5.74, 6) is 1.01. The number of nitrogens with one attached hydrogen (secondary N) is 1. The second-order valence-electron chi connectivity index (χ2n) is 7.48. The summed E-state index contributed by atoms with van der Waals surface area (Å²) >= 11 is 0. The zero-order chi connectivity index (χ0) is 22.5. The molecule has 1 N–H and O–H groups in total. The molecular formula is C25H23N5O2. The van der Waals surface area contributed by atoms with Gasteiger partial charge < -0.3 is 10.1 Å². The maximum atomic E-state index is 12.6. The first-order valence-corrected chi connectivity index (χ1v) is 10.5. The van der Waals surface area contributed by atoms with Crippen LogP contribution >= 0.6 is 0 Å². The SMILES string of the molecule is CCCc1ccc(OCC(=O)Nc2c(C#N)cnn2-c2cc(C)c3ccccc3n2)cc1. The monoisotopic (exact) mass is 425 g/mol. The molecule has 7 heteroatoms. The van der Waals surface area contributed by atoms with Crippen LogP contribution in [-0.4, -0.2) is 27.3 Å². The molecule has 160 valence electrons. The van der Waals surface area contributed by atoms with Crippen LogP contribution in [0, 0.1) is 18.3 Å². The van der Waals surface area contributed by atoms with Gasteiger partial charge >= 0.3 is 0 Å². The van der Waals surface area contributed by atoms with E-state index in [4.69, 9.17) is 4.74 Å². The van der Waals surface area contributed by atoms with E-state index in [0.717, 1.165) is 29.3 Å². The standard InChI is InChI=1S/C25H23N5O2/c1-3-6-18-9-11-20(12-10-18)32-16-24(31)29-25-19(14-26)15-27-30(25)23-13-17(2)21-7-4-5-8-22(21)28-23/h4-5,7-13,15H,3,6,16H2,1-2H3,(H,29,31). The smallest absolute Gasteiger partial charge is 0.263 e. The lowest BCUT2D eigenvalue weighted by Gasteiger charge is -2.12. The molecule has 0 unspecified atom stereocenters. The van der Waals surface area contributed by atoms with Crippen molar-refractivity contribution < 1.29 is 9.53 Å². The molecule has 2 heterocycles. The Bertz CT molecular complexity index is 1300. The number of nitrogens with zero attached hydrogens (tertiary/aromatic N) is 4. The topological polar surface area (TPSA) is 92.8 Å². The van der Waals surface area contributed by atoms with Crippen molar-refractivity contribution in [1.29, 1.82) is 5.26 Å². The van der Waals surface area contributed by atoms with Crippen LogP contribution in [0.5, 0.6) is 5.75 Å². The minimum atomic E-state index is -0.390. The quantitative estimate of drug-likeness (QED) is 0.468. The number of carbonyl (C=O) groups excluding carboxylic acids is 1. The van der Waals surface area contributed by atoms with Crippen LogP contribution in [0.15, 0.2) is 60.8 Å². The molecule has 0 bridgehead atoms. The van der Waals surface area contributed by atoms with Gasteiger partial charge in [0.25, 0.3) is 5.91 Å². The maximum Gasteiger partial charge on any atom is 0.263 e. The minimum Gasteiger partial charge on any atom is -0.484 e. The summed E-state index contributed by atoms with van der Waals surface area (Å²) in [6.07, 6.45) is 3.49. The van der Waals surface area contributed by atoms with E-state index in [9.17, 15) is 10.1 Å². The lowest BCUT2D eigenvalue weighted by molar-refractivity contribution is -0.118. The fourth-order valence-electron chi connectivity index (χ4n) is 3.52. The Morgan fingerprint density at radius 2 is 1.97 bits per heavy atom. The van der Waals surface area contributed by atoms with Crippen LogP contribution in [0.3, 0.4) is 0 Å². The van der Waals surface area contributed by atoms with Gasteiger partial charge in [0.2, 0.25) is 0 Å². The first kappa shape index (κ1) is 21.1. The number of nitriles is 1. The first-order chi connectivity index (χ1) is 15.6. The minimum absolute atomic E-state index is 0.187. The van der Waals surface area contributed by atoms with Crippen molar-refractivity contribution in [2.24, 2.45) is 0 Å². The normalized spacial score (nSPS) is 10.7. The Kier molecular flexibility index (Phi) is 6.13. The van der Waals surface area contributed by atoms with Crippen molar-refractivity contribution in [3.63, 3.8) is 0 Å². The Labute approximate surface area is 186 Å². The van der Waals surface area contributed by atoms with E-state index in [1.165, 1.54) is 16.4 Å². The molecule has 0 saturated carbocycles. The van der Waals surface area contributed by atoms with Crippen LogP contribution in [0.1, 0.15) is 30.0 Å². The Morgan fingerprint density at radius 1 is 1.19 bits per heavy atom. The molecule has 0 spiro atoms. The van der Waals surface area contributed by atoms with Gasteiger partial charge in [-0.05, 0) is 48.7 Å². The van der Waals surface area contributed by atoms with Gasteiger partial charge in [0.1, 0.15) is 17.4 Å².